The zero-order valence-corrected chi connectivity index (χ0v) is 18.9. The Morgan fingerprint density at radius 1 is 1.35 bits per heavy atom. The van der Waals surface area contributed by atoms with Gasteiger partial charge in [0, 0.05) is 38.9 Å². The van der Waals surface area contributed by atoms with Crippen molar-refractivity contribution in [1.82, 2.24) is 24.6 Å². The molecule has 34 heavy (non-hydrogen) atoms. The Bertz CT molecular complexity index is 1330. The fraction of sp³-hybridized carbons (Fsp3) is 0.435. The van der Waals surface area contributed by atoms with Crippen LogP contribution in [0.4, 0.5) is 14.6 Å². The highest BCUT2D eigenvalue weighted by Crippen LogP contribution is 2.38. The number of carbonyl (C=O) groups is 1. The molecule has 1 saturated heterocycles. The van der Waals surface area contributed by atoms with Gasteiger partial charge >= 0.3 is 0 Å². The topological polar surface area (TPSA) is 112 Å². The first kappa shape index (κ1) is 22.3. The van der Waals surface area contributed by atoms with Crippen LogP contribution in [0.25, 0.3) is 11.0 Å². The number of anilines is 1. The number of hydrogen-bond acceptors (Lipinski definition) is 6. The summed E-state index contributed by atoms with van der Waals surface area (Å²) in [5.41, 5.74) is 5.79. The molecule has 178 valence electrons. The lowest BCUT2D eigenvalue weighted by atomic mass is 10.1. The van der Waals surface area contributed by atoms with E-state index in [2.05, 4.69) is 32.6 Å². The SMILES string of the molecule is CNc1c(C(N)=O)c(C#Cc2c(F)cc3c(ncn3C3CC3)c2F)nn1C1CN[C@@H](COC)C1. The van der Waals surface area contributed by atoms with Crippen molar-refractivity contribution < 1.29 is 18.3 Å². The number of rotatable bonds is 6. The number of benzene rings is 1. The highest BCUT2D eigenvalue weighted by atomic mass is 19.1. The summed E-state index contributed by atoms with van der Waals surface area (Å²) in [6, 6.07) is 1.55. The van der Waals surface area contributed by atoms with Gasteiger partial charge in [0.15, 0.2) is 11.5 Å². The molecule has 1 saturated carbocycles. The molecule has 11 heteroatoms. The molecule has 4 N–H and O–H groups in total. The normalized spacial score (nSPS) is 19.9. The maximum Gasteiger partial charge on any atom is 0.255 e. The number of methoxy groups -OCH3 is 1. The molecule has 9 nitrogen and oxygen atoms in total. The Hall–Kier alpha value is -3.49. The van der Waals surface area contributed by atoms with Crippen molar-refractivity contribution in [1.29, 1.82) is 0 Å². The molecule has 3 aromatic rings. The largest absolute Gasteiger partial charge is 0.383 e. The zero-order chi connectivity index (χ0) is 24.0. The number of fused-ring (bicyclic) bond motifs is 1. The quantitative estimate of drug-likeness (QED) is 0.476. The van der Waals surface area contributed by atoms with Gasteiger partial charge in [-0.05, 0) is 25.2 Å². The molecule has 3 heterocycles. The van der Waals surface area contributed by atoms with Gasteiger partial charge in [-0.1, -0.05) is 5.92 Å². The van der Waals surface area contributed by atoms with Gasteiger partial charge in [0.05, 0.1) is 30.1 Å². The number of carbonyl (C=O) groups excluding carboxylic acids is 1. The Morgan fingerprint density at radius 2 is 2.15 bits per heavy atom. The number of primary amides is 1. The van der Waals surface area contributed by atoms with E-state index in [1.54, 1.807) is 23.4 Å². The lowest BCUT2D eigenvalue weighted by Gasteiger charge is -2.14. The number of nitrogens with one attached hydrogen (secondary N) is 2. The van der Waals surface area contributed by atoms with Gasteiger partial charge in [0.2, 0.25) is 0 Å². The van der Waals surface area contributed by atoms with Gasteiger partial charge < -0.3 is 25.7 Å². The van der Waals surface area contributed by atoms with E-state index in [-0.39, 0.29) is 34.9 Å². The van der Waals surface area contributed by atoms with Gasteiger partial charge in [-0.25, -0.2) is 18.4 Å². The van der Waals surface area contributed by atoms with Crippen molar-refractivity contribution in [3.8, 4) is 11.8 Å². The molecule has 2 fully saturated rings. The molecule has 2 atom stereocenters. The van der Waals surface area contributed by atoms with Crippen LogP contribution in [0, 0.1) is 23.5 Å². The van der Waals surface area contributed by atoms with Crippen LogP contribution >= 0.6 is 0 Å². The highest BCUT2D eigenvalue weighted by molar-refractivity contribution is 6.00. The maximum atomic E-state index is 15.1. The first-order valence-electron chi connectivity index (χ1n) is 11.1. The van der Waals surface area contributed by atoms with Crippen molar-refractivity contribution in [3.05, 3.63) is 40.8 Å². The molecule has 5 rings (SSSR count). The lowest BCUT2D eigenvalue weighted by Crippen LogP contribution is -2.25. The van der Waals surface area contributed by atoms with E-state index in [9.17, 15) is 9.18 Å². The van der Waals surface area contributed by atoms with Crippen LogP contribution in [0.1, 0.15) is 53.0 Å². The molecule has 1 unspecified atom stereocenters. The Morgan fingerprint density at radius 3 is 2.82 bits per heavy atom. The van der Waals surface area contributed by atoms with E-state index in [0.717, 1.165) is 19.3 Å². The van der Waals surface area contributed by atoms with Gasteiger partial charge in [-0.2, -0.15) is 5.10 Å². The number of ether oxygens (including phenoxy) is 1. The predicted octanol–water partition coefficient (Wildman–Crippen LogP) is 1.94. The fourth-order valence-electron chi connectivity index (χ4n) is 4.55. The third-order valence-electron chi connectivity index (χ3n) is 6.31. The maximum absolute atomic E-state index is 15.1. The Kier molecular flexibility index (Phi) is 5.71. The number of hydrogen-bond donors (Lipinski definition) is 3. The van der Waals surface area contributed by atoms with Crippen LogP contribution in [0.5, 0.6) is 0 Å². The second-order valence-electron chi connectivity index (χ2n) is 8.63. The van der Waals surface area contributed by atoms with Crippen LogP contribution in [0.3, 0.4) is 0 Å². The number of aromatic nitrogens is 4. The van der Waals surface area contributed by atoms with E-state index in [1.165, 1.54) is 12.4 Å². The molecule has 2 aliphatic rings. The fourth-order valence-corrected chi connectivity index (χ4v) is 4.55. The van der Waals surface area contributed by atoms with E-state index in [0.29, 0.717) is 24.5 Å². The minimum absolute atomic E-state index is 0.0504. The first-order chi connectivity index (χ1) is 16.4. The molecule has 1 aliphatic heterocycles. The summed E-state index contributed by atoms with van der Waals surface area (Å²) in [5, 5.41) is 10.8. The zero-order valence-electron chi connectivity index (χ0n) is 18.9. The summed E-state index contributed by atoms with van der Waals surface area (Å²) in [5.74, 6) is 3.24. The van der Waals surface area contributed by atoms with Crippen molar-refractivity contribution in [2.45, 2.75) is 37.4 Å². The molecule has 1 aromatic carbocycles. The van der Waals surface area contributed by atoms with E-state index >= 15 is 4.39 Å². The lowest BCUT2D eigenvalue weighted by molar-refractivity contribution is 0.100. The average Bonchev–Trinajstić information content (AvgIpc) is 3.22. The molecule has 0 bridgehead atoms. The second-order valence-corrected chi connectivity index (χ2v) is 8.63. The Balaban J connectivity index is 1.54. The molecule has 2 aromatic heterocycles. The third-order valence-corrected chi connectivity index (χ3v) is 6.31. The predicted molar refractivity (Wildman–Crippen MR) is 122 cm³/mol. The van der Waals surface area contributed by atoms with Gasteiger partial charge in [0.25, 0.3) is 5.91 Å². The van der Waals surface area contributed by atoms with E-state index in [1.807, 2.05) is 0 Å². The average molecular weight is 469 g/mol. The number of imidazole rings is 1. The van der Waals surface area contributed by atoms with E-state index in [4.69, 9.17) is 10.5 Å². The molecule has 0 radical (unpaired) electrons. The monoisotopic (exact) mass is 469 g/mol. The molecular formula is C23H25F2N7O2. The minimum Gasteiger partial charge on any atom is -0.383 e. The van der Waals surface area contributed by atoms with Crippen molar-refractivity contribution >= 4 is 22.8 Å². The van der Waals surface area contributed by atoms with Crippen LogP contribution in [-0.4, -0.2) is 58.6 Å². The highest BCUT2D eigenvalue weighted by Gasteiger charge is 2.31. The molecular weight excluding hydrogens is 444 g/mol. The molecule has 1 amide bonds. The molecule has 0 spiro atoms. The summed E-state index contributed by atoms with van der Waals surface area (Å²) < 4.78 is 38.6. The number of amides is 1. The van der Waals surface area contributed by atoms with E-state index < -0.39 is 23.1 Å². The summed E-state index contributed by atoms with van der Waals surface area (Å²) in [6.45, 7) is 1.15. The van der Waals surface area contributed by atoms with Gasteiger partial charge in [0.1, 0.15) is 22.7 Å². The summed E-state index contributed by atoms with van der Waals surface area (Å²) in [7, 11) is 3.28. The number of halogens is 2. The minimum atomic E-state index is -0.835. The summed E-state index contributed by atoms with van der Waals surface area (Å²) >= 11 is 0. The van der Waals surface area contributed by atoms with Gasteiger partial charge in [-0.3, -0.25) is 4.79 Å². The molecule has 1 aliphatic carbocycles. The van der Waals surface area contributed by atoms with Gasteiger partial charge in [-0.15, -0.1) is 0 Å². The number of nitrogens with two attached hydrogens (primary N) is 1. The van der Waals surface area contributed by atoms with Crippen molar-refractivity contribution in [2.75, 3.05) is 32.6 Å². The standard InChI is InChI=1S/C23H25F2N7O2/c1-27-23-19(22(26)33)17(30-32(23)14-7-12(10-34-2)28-9-14)6-5-15-16(24)8-18-21(20(15)25)29-11-31(18)13-3-4-13/h8,11-14,27-28H,3-4,7,9-10H2,1-2H3,(H2,26,33)/t12-,14?/m1/s1. The summed E-state index contributed by atoms with van der Waals surface area (Å²) in [6.07, 6.45) is 4.18. The van der Waals surface area contributed by atoms with Crippen LogP contribution in [0.15, 0.2) is 12.4 Å². The Labute approximate surface area is 194 Å². The van der Waals surface area contributed by atoms with Crippen LogP contribution < -0.4 is 16.4 Å². The first-order valence-corrected chi connectivity index (χ1v) is 11.1. The summed E-state index contributed by atoms with van der Waals surface area (Å²) in [4.78, 5) is 16.4. The van der Waals surface area contributed by atoms with Crippen LogP contribution in [0.2, 0.25) is 0 Å². The van der Waals surface area contributed by atoms with Crippen LogP contribution in [-0.2, 0) is 4.74 Å². The second kappa shape index (κ2) is 8.70. The van der Waals surface area contributed by atoms with Crippen molar-refractivity contribution in [3.63, 3.8) is 0 Å². The number of nitrogens with zero attached hydrogens (tertiary/aromatic N) is 4. The smallest absolute Gasteiger partial charge is 0.255 e. The van der Waals surface area contributed by atoms with Crippen molar-refractivity contribution in [2.24, 2.45) is 5.73 Å². The third kappa shape index (κ3) is 3.78.